The molecule has 1 rings (SSSR count). The van der Waals surface area contributed by atoms with Gasteiger partial charge in [0.05, 0.1) is 5.69 Å². The lowest BCUT2D eigenvalue weighted by atomic mass is 9.95. The number of aromatic nitrogens is 1. The van der Waals surface area contributed by atoms with Crippen LogP contribution in [0.25, 0.3) is 0 Å². The Morgan fingerprint density at radius 3 is 2.81 bits per heavy atom. The van der Waals surface area contributed by atoms with E-state index in [1.807, 2.05) is 18.2 Å². The molecule has 0 amide bonds. The normalized spacial score (nSPS) is 14.8. The Kier molecular flexibility index (Phi) is 5.38. The highest BCUT2D eigenvalue weighted by atomic mass is 79.9. The average molecular weight is 287 g/mol. The van der Waals surface area contributed by atoms with E-state index in [1.165, 1.54) is 0 Å². The lowest BCUT2D eigenvalue weighted by Crippen LogP contribution is -2.42. The van der Waals surface area contributed by atoms with Crippen LogP contribution in [-0.2, 0) is 6.54 Å². The number of nitrogens with one attached hydrogen (secondary N) is 1. The molecule has 0 bridgehead atoms. The molecule has 0 saturated carbocycles. The van der Waals surface area contributed by atoms with Crippen molar-refractivity contribution in [3.63, 3.8) is 0 Å². The molecular formula is C12H19BrN2O. The third-order valence-electron chi connectivity index (χ3n) is 2.91. The van der Waals surface area contributed by atoms with Crippen molar-refractivity contribution in [2.75, 3.05) is 6.61 Å². The Labute approximate surface area is 105 Å². The van der Waals surface area contributed by atoms with Gasteiger partial charge in [-0.3, -0.25) is 0 Å². The molecule has 0 radical (unpaired) electrons. The van der Waals surface area contributed by atoms with Crippen molar-refractivity contribution in [1.29, 1.82) is 0 Å². The summed E-state index contributed by atoms with van der Waals surface area (Å²) in [7, 11) is 0. The maximum Gasteiger partial charge on any atom is 0.106 e. The number of nitrogens with zero attached hydrogens (tertiary/aromatic N) is 1. The van der Waals surface area contributed by atoms with E-state index in [4.69, 9.17) is 5.11 Å². The predicted octanol–water partition coefficient (Wildman–Crippen LogP) is 2.48. The Hall–Kier alpha value is -0.450. The van der Waals surface area contributed by atoms with Crippen LogP contribution in [0.5, 0.6) is 0 Å². The van der Waals surface area contributed by atoms with E-state index in [2.05, 4.69) is 40.1 Å². The fourth-order valence-corrected chi connectivity index (χ4v) is 1.87. The van der Waals surface area contributed by atoms with E-state index in [9.17, 15) is 0 Å². The van der Waals surface area contributed by atoms with Gasteiger partial charge in [0, 0.05) is 18.7 Å². The molecule has 1 aromatic rings. The summed E-state index contributed by atoms with van der Waals surface area (Å²) in [5, 5.41) is 12.5. The summed E-state index contributed by atoms with van der Waals surface area (Å²) in [6.45, 7) is 5.19. The van der Waals surface area contributed by atoms with Gasteiger partial charge in [0.25, 0.3) is 0 Å². The molecule has 1 aromatic heterocycles. The fourth-order valence-electron chi connectivity index (χ4n) is 1.49. The lowest BCUT2D eigenvalue weighted by Gasteiger charge is -2.29. The standard InChI is InChI=1S/C12H19BrN2O/c1-3-12(2,7-8-16)14-9-10-5-4-6-11(13)15-10/h4-6,14,16H,3,7-9H2,1-2H3. The summed E-state index contributed by atoms with van der Waals surface area (Å²) in [5.74, 6) is 0. The summed E-state index contributed by atoms with van der Waals surface area (Å²) in [6.07, 6.45) is 1.75. The molecular weight excluding hydrogens is 268 g/mol. The Bertz CT molecular complexity index is 333. The van der Waals surface area contributed by atoms with Gasteiger partial charge in [0.2, 0.25) is 0 Å². The first-order valence-electron chi connectivity index (χ1n) is 5.57. The molecule has 1 atom stereocenters. The highest BCUT2D eigenvalue weighted by Crippen LogP contribution is 2.15. The van der Waals surface area contributed by atoms with Crippen LogP contribution >= 0.6 is 15.9 Å². The highest BCUT2D eigenvalue weighted by Gasteiger charge is 2.20. The number of aliphatic hydroxyl groups excluding tert-OH is 1. The number of halogens is 1. The summed E-state index contributed by atoms with van der Waals surface area (Å²) >= 11 is 3.35. The molecule has 90 valence electrons. The van der Waals surface area contributed by atoms with Gasteiger partial charge in [-0.1, -0.05) is 13.0 Å². The second kappa shape index (κ2) is 6.33. The minimum atomic E-state index is -0.0151. The molecule has 0 saturated heterocycles. The maximum absolute atomic E-state index is 9.01. The second-order valence-electron chi connectivity index (χ2n) is 4.19. The molecule has 3 nitrogen and oxygen atoms in total. The lowest BCUT2D eigenvalue weighted by molar-refractivity contribution is 0.214. The number of hydrogen-bond acceptors (Lipinski definition) is 3. The first kappa shape index (κ1) is 13.6. The average Bonchev–Trinajstić information content (AvgIpc) is 2.27. The molecule has 16 heavy (non-hydrogen) atoms. The van der Waals surface area contributed by atoms with E-state index >= 15 is 0 Å². The Morgan fingerprint density at radius 1 is 1.50 bits per heavy atom. The largest absolute Gasteiger partial charge is 0.396 e. The maximum atomic E-state index is 9.01. The van der Waals surface area contributed by atoms with Crippen LogP contribution in [0.4, 0.5) is 0 Å². The summed E-state index contributed by atoms with van der Waals surface area (Å²) < 4.78 is 0.854. The highest BCUT2D eigenvalue weighted by molar-refractivity contribution is 9.10. The Balaban J connectivity index is 2.55. The smallest absolute Gasteiger partial charge is 0.106 e. The summed E-state index contributed by atoms with van der Waals surface area (Å²) in [6, 6.07) is 5.88. The third-order valence-corrected chi connectivity index (χ3v) is 3.35. The molecule has 0 aliphatic carbocycles. The fraction of sp³-hybridized carbons (Fsp3) is 0.583. The van der Waals surface area contributed by atoms with Crippen LogP contribution < -0.4 is 5.32 Å². The summed E-state index contributed by atoms with van der Waals surface area (Å²) in [4.78, 5) is 4.36. The molecule has 0 fully saturated rings. The zero-order chi connectivity index (χ0) is 12.0. The zero-order valence-electron chi connectivity index (χ0n) is 9.83. The van der Waals surface area contributed by atoms with Crippen LogP contribution in [0.2, 0.25) is 0 Å². The molecule has 0 spiro atoms. The van der Waals surface area contributed by atoms with Gasteiger partial charge >= 0.3 is 0 Å². The molecule has 0 aromatic carbocycles. The number of hydrogen-bond donors (Lipinski definition) is 2. The molecule has 0 aliphatic heterocycles. The van der Waals surface area contributed by atoms with Crippen molar-refractivity contribution < 1.29 is 5.11 Å². The van der Waals surface area contributed by atoms with Crippen LogP contribution in [-0.4, -0.2) is 22.2 Å². The van der Waals surface area contributed by atoms with Crippen molar-refractivity contribution in [3.05, 3.63) is 28.5 Å². The van der Waals surface area contributed by atoms with Crippen LogP contribution in [0.3, 0.4) is 0 Å². The van der Waals surface area contributed by atoms with Gasteiger partial charge in [-0.15, -0.1) is 0 Å². The van der Waals surface area contributed by atoms with Crippen molar-refractivity contribution >= 4 is 15.9 Å². The quantitative estimate of drug-likeness (QED) is 0.790. The van der Waals surface area contributed by atoms with Gasteiger partial charge in [-0.2, -0.15) is 0 Å². The minimum absolute atomic E-state index is 0.0151. The van der Waals surface area contributed by atoms with Crippen LogP contribution in [0, 0.1) is 0 Å². The minimum Gasteiger partial charge on any atom is -0.396 e. The van der Waals surface area contributed by atoms with E-state index in [-0.39, 0.29) is 12.1 Å². The zero-order valence-corrected chi connectivity index (χ0v) is 11.4. The first-order valence-corrected chi connectivity index (χ1v) is 6.36. The van der Waals surface area contributed by atoms with Gasteiger partial charge < -0.3 is 10.4 Å². The topological polar surface area (TPSA) is 45.1 Å². The van der Waals surface area contributed by atoms with Gasteiger partial charge in [0.1, 0.15) is 4.60 Å². The molecule has 1 heterocycles. The number of pyridine rings is 1. The van der Waals surface area contributed by atoms with Gasteiger partial charge in [-0.05, 0) is 47.8 Å². The van der Waals surface area contributed by atoms with Crippen molar-refractivity contribution in [2.24, 2.45) is 0 Å². The van der Waals surface area contributed by atoms with Crippen LogP contribution in [0.15, 0.2) is 22.8 Å². The number of aliphatic hydroxyl groups is 1. The van der Waals surface area contributed by atoms with E-state index in [1.54, 1.807) is 0 Å². The van der Waals surface area contributed by atoms with Crippen molar-refractivity contribution in [3.8, 4) is 0 Å². The van der Waals surface area contributed by atoms with E-state index in [0.29, 0.717) is 0 Å². The van der Waals surface area contributed by atoms with Crippen molar-refractivity contribution in [1.82, 2.24) is 10.3 Å². The first-order chi connectivity index (χ1) is 7.59. The molecule has 1 unspecified atom stereocenters. The van der Waals surface area contributed by atoms with E-state index < -0.39 is 0 Å². The van der Waals surface area contributed by atoms with E-state index in [0.717, 1.165) is 29.7 Å². The molecule has 2 N–H and O–H groups in total. The predicted molar refractivity (Wildman–Crippen MR) is 69.2 cm³/mol. The molecule has 0 aliphatic rings. The number of rotatable bonds is 6. The second-order valence-corrected chi connectivity index (χ2v) is 5.01. The summed E-state index contributed by atoms with van der Waals surface area (Å²) in [5.41, 5.74) is 0.991. The molecule has 4 heteroatoms. The van der Waals surface area contributed by atoms with Crippen molar-refractivity contribution in [2.45, 2.75) is 38.8 Å². The van der Waals surface area contributed by atoms with Crippen LogP contribution in [0.1, 0.15) is 32.4 Å². The van der Waals surface area contributed by atoms with Gasteiger partial charge in [0.15, 0.2) is 0 Å². The Morgan fingerprint density at radius 2 is 2.25 bits per heavy atom. The third kappa shape index (κ3) is 4.20. The SMILES string of the molecule is CCC(C)(CCO)NCc1cccc(Br)n1. The van der Waals surface area contributed by atoms with Gasteiger partial charge in [-0.25, -0.2) is 4.98 Å². The monoisotopic (exact) mass is 286 g/mol.